The van der Waals surface area contributed by atoms with E-state index in [0.29, 0.717) is 16.8 Å². The molecule has 26 heavy (non-hydrogen) atoms. The number of rotatable bonds is 7. The topological polar surface area (TPSA) is 54.3 Å². The summed E-state index contributed by atoms with van der Waals surface area (Å²) in [6, 6.07) is 9.53. The van der Waals surface area contributed by atoms with Crippen LogP contribution >= 0.6 is 11.3 Å². The number of aromatic nitrogens is 1. The highest BCUT2D eigenvalue weighted by Gasteiger charge is 2.16. The molecule has 1 aromatic carbocycles. The average molecular weight is 372 g/mol. The lowest BCUT2D eigenvalue weighted by atomic mass is 10.2. The Balaban J connectivity index is 1.81. The summed E-state index contributed by atoms with van der Waals surface area (Å²) in [7, 11) is 3.84. The van der Waals surface area contributed by atoms with Crippen molar-refractivity contribution in [2.45, 2.75) is 19.8 Å². The number of hydrogen-bond donors (Lipinski definition) is 1. The molecule has 0 radical (unpaired) electrons. The lowest BCUT2D eigenvalue weighted by Gasteiger charge is -2.15. The Bertz CT molecular complexity index is 990. The molecule has 3 rings (SSSR count). The number of likely N-dealkylation sites (N-methyl/N-ethyl adjacent to an activating group) is 1. The second-order valence-electron chi connectivity index (χ2n) is 6.65. The molecule has 0 spiro atoms. The summed E-state index contributed by atoms with van der Waals surface area (Å²) in [6.07, 6.45) is 2.33. The van der Waals surface area contributed by atoms with Gasteiger partial charge >= 0.3 is 0 Å². The van der Waals surface area contributed by atoms with E-state index in [2.05, 4.69) is 24.2 Å². The molecule has 0 saturated carbocycles. The zero-order valence-electron chi connectivity index (χ0n) is 15.5. The predicted molar refractivity (Wildman–Crippen MR) is 109 cm³/mol. The third kappa shape index (κ3) is 3.66. The van der Waals surface area contributed by atoms with Gasteiger partial charge in [-0.15, -0.1) is 11.3 Å². The molecule has 0 atom stereocenters. The molecular formula is C20H25N3O2S. The van der Waals surface area contributed by atoms with E-state index < -0.39 is 0 Å². The molecule has 0 bridgehead atoms. The smallest absolute Gasteiger partial charge is 0.261 e. The highest BCUT2D eigenvalue weighted by Crippen LogP contribution is 2.30. The normalized spacial score (nSPS) is 11.5. The van der Waals surface area contributed by atoms with Gasteiger partial charge < -0.3 is 14.8 Å². The van der Waals surface area contributed by atoms with Crippen LogP contribution < -0.4 is 10.9 Å². The number of carbonyl (C=O) groups is 1. The largest absolute Gasteiger partial charge is 0.350 e. The van der Waals surface area contributed by atoms with Crippen LogP contribution in [-0.4, -0.2) is 42.1 Å². The maximum absolute atomic E-state index is 12.6. The van der Waals surface area contributed by atoms with Gasteiger partial charge in [0.15, 0.2) is 0 Å². The van der Waals surface area contributed by atoms with Crippen LogP contribution in [0.1, 0.15) is 29.4 Å². The summed E-state index contributed by atoms with van der Waals surface area (Å²) < 4.78 is 2.53. The molecule has 5 nitrogen and oxygen atoms in total. The number of aryl methyl sites for hydroxylation is 1. The second kappa shape index (κ2) is 8.01. The predicted octanol–water partition coefficient (Wildman–Crippen LogP) is 3.21. The van der Waals surface area contributed by atoms with Crippen LogP contribution in [0.2, 0.25) is 0 Å². The maximum atomic E-state index is 12.6. The number of amides is 1. The average Bonchev–Trinajstić information content (AvgIpc) is 3.10. The standard InChI is InChI=1S/C20H25N3O2S/c1-4-5-11-22(2)12-10-21-19(24)17-13-15-18(26-17)14-8-6-7-9-16(14)23(3)20(15)25/h6-9,13H,4-5,10-12H2,1-3H3,(H,21,24). The van der Waals surface area contributed by atoms with Gasteiger partial charge in [0.05, 0.1) is 15.8 Å². The molecule has 1 amide bonds. The van der Waals surface area contributed by atoms with Crippen molar-refractivity contribution in [1.29, 1.82) is 0 Å². The third-order valence-electron chi connectivity index (χ3n) is 4.67. The minimum absolute atomic E-state index is 0.0618. The van der Waals surface area contributed by atoms with Crippen LogP contribution in [-0.2, 0) is 7.05 Å². The monoisotopic (exact) mass is 371 g/mol. The Morgan fingerprint density at radius 1 is 1.23 bits per heavy atom. The fourth-order valence-corrected chi connectivity index (χ4v) is 4.20. The fraction of sp³-hybridized carbons (Fsp3) is 0.400. The van der Waals surface area contributed by atoms with E-state index in [0.717, 1.165) is 35.1 Å². The number of unbranched alkanes of at least 4 members (excludes halogenated alkanes) is 1. The van der Waals surface area contributed by atoms with Gasteiger partial charge in [0.1, 0.15) is 0 Å². The van der Waals surface area contributed by atoms with Crippen molar-refractivity contribution >= 4 is 38.2 Å². The van der Waals surface area contributed by atoms with Gasteiger partial charge in [-0.3, -0.25) is 9.59 Å². The molecule has 0 fully saturated rings. The summed E-state index contributed by atoms with van der Waals surface area (Å²) >= 11 is 1.39. The second-order valence-corrected chi connectivity index (χ2v) is 7.70. The summed E-state index contributed by atoms with van der Waals surface area (Å²) in [5.74, 6) is -0.110. The van der Waals surface area contributed by atoms with Crippen molar-refractivity contribution < 1.29 is 4.79 Å². The first-order valence-electron chi connectivity index (χ1n) is 9.01. The van der Waals surface area contributed by atoms with Crippen molar-refractivity contribution in [3.05, 3.63) is 45.6 Å². The minimum atomic E-state index is -0.110. The van der Waals surface area contributed by atoms with Crippen molar-refractivity contribution in [1.82, 2.24) is 14.8 Å². The van der Waals surface area contributed by atoms with Gasteiger partial charge in [0, 0.05) is 30.2 Å². The highest BCUT2D eigenvalue weighted by atomic mass is 32.1. The molecule has 0 aliphatic carbocycles. The number of benzene rings is 1. The van der Waals surface area contributed by atoms with Crippen molar-refractivity contribution in [3.8, 4) is 0 Å². The van der Waals surface area contributed by atoms with E-state index in [1.807, 2.05) is 24.3 Å². The van der Waals surface area contributed by atoms with Crippen LogP contribution in [0.3, 0.4) is 0 Å². The first-order valence-corrected chi connectivity index (χ1v) is 9.82. The van der Waals surface area contributed by atoms with Gasteiger partial charge in [-0.05, 0) is 32.1 Å². The molecule has 1 N–H and O–H groups in total. The number of pyridine rings is 1. The Labute approximate surface area is 157 Å². The van der Waals surface area contributed by atoms with E-state index >= 15 is 0 Å². The number of hydrogen-bond acceptors (Lipinski definition) is 4. The molecule has 0 unspecified atom stereocenters. The molecule has 6 heteroatoms. The quantitative estimate of drug-likeness (QED) is 0.694. The molecule has 0 aliphatic rings. The Kier molecular flexibility index (Phi) is 5.74. The van der Waals surface area contributed by atoms with Gasteiger partial charge in [-0.2, -0.15) is 0 Å². The molecule has 2 heterocycles. The fourth-order valence-electron chi connectivity index (χ4n) is 3.10. The van der Waals surface area contributed by atoms with E-state index in [9.17, 15) is 9.59 Å². The van der Waals surface area contributed by atoms with Crippen molar-refractivity contribution in [2.24, 2.45) is 7.05 Å². The highest BCUT2D eigenvalue weighted by molar-refractivity contribution is 7.21. The van der Waals surface area contributed by atoms with Crippen molar-refractivity contribution in [3.63, 3.8) is 0 Å². The number of carbonyl (C=O) groups excluding carboxylic acids is 1. The molecule has 0 aliphatic heterocycles. The van der Waals surface area contributed by atoms with Crippen LogP contribution in [0.15, 0.2) is 35.1 Å². The summed E-state index contributed by atoms with van der Waals surface area (Å²) in [4.78, 5) is 27.9. The van der Waals surface area contributed by atoms with E-state index in [4.69, 9.17) is 0 Å². The first kappa shape index (κ1) is 18.6. The molecule has 3 aromatic rings. The maximum Gasteiger partial charge on any atom is 0.261 e. The van der Waals surface area contributed by atoms with Gasteiger partial charge in [0.2, 0.25) is 0 Å². The van der Waals surface area contributed by atoms with Crippen LogP contribution in [0.25, 0.3) is 21.0 Å². The van der Waals surface area contributed by atoms with Gasteiger partial charge in [0.25, 0.3) is 11.5 Å². The molecular weight excluding hydrogens is 346 g/mol. The molecule has 0 saturated heterocycles. The SMILES string of the molecule is CCCCN(C)CCNC(=O)c1cc2c(=O)n(C)c3ccccc3c2s1. The Morgan fingerprint density at radius 2 is 2.00 bits per heavy atom. The number of nitrogens with one attached hydrogen (secondary N) is 1. The number of fused-ring (bicyclic) bond motifs is 3. The Hall–Kier alpha value is -2.18. The number of para-hydroxylation sites is 1. The van der Waals surface area contributed by atoms with E-state index in [1.54, 1.807) is 17.7 Å². The van der Waals surface area contributed by atoms with Crippen LogP contribution in [0.5, 0.6) is 0 Å². The van der Waals surface area contributed by atoms with E-state index in [1.165, 1.54) is 17.8 Å². The number of thiophene rings is 1. The summed E-state index contributed by atoms with van der Waals surface area (Å²) in [6.45, 7) is 4.63. The zero-order valence-corrected chi connectivity index (χ0v) is 16.4. The Morgan fingerprint density at radius 3 is 2.77 bits per heavy atom. The lowest BCUT2D eigenvalue weighted by Crippen LogP contribution is -2.33. The van der Waals surface area contributed by atoms with Crippen molar-refractivity contribution in [2.75, 3.05) is 26.7 Å². The molecule has 2 aromatic heterocycles. The van der Waals surface area contributed by atoms with Gasteiger partial charge in [-0.1, -0.05) is 31.5 Å². The lowest BCUT2D eigenvalue weighted by molar-refractivity contribution is 0.0954. The first-order chi connectivity index (χ1) is 12.5. The minimum Gasteiger partial charge on any atom is -0.350 e. The third-order valence-corrected chi connectivity index (χ3v) is 5.84. The van der Waals surface area contributed by atoms with E-state index in [-0.39, 0.29) is 11.5 Å². The summed E-state index contributed by atoms with van der Waals surface area (Å²) in [5.41, 5.74) is 0.824. The summed E-state index contributed by atoms with van der Waals surface area (Å²) in [5, 5.41) is 4.59. The van der Waals surface area contributed by atoms with Crippen LogP contribution in [0.4, 0.5) is 0 Å². The van der Waals surface area contributed by atoms with Gasteiger partial charge in [-0.25, -0.2) is 0 Å². The molecule has 138 valence electrons. The number of nitrogens with zero attached hydrogens (tertiary/aromatic N) is 2. The van der Waals surface area contributed by atoms with Crippen LogP contribution in [0, 0.1) is 0 Å². The zero-order chi connectivity index (χ0) is 18.7.